The first-order chi connectivity index (χ1) is 5.20. The zero-order chi connectivity index (χ0) is 8.69. The van der Waals surface area contributed by atoms with Gasteiger partial charge in [-0.2, -0.15) is 9.90 Å². The van der Waals surface area contributed by atoms with Crippen molar-refractivity contribution in [1.29, 1.82) is 0 Å². The van der Waals surface area contributed by atoms with Gasteiger partial charge >= 0.3 is 0 Å². The molecule has 3 unspecified atom stereocenters. The molecule has 0 radical (unpaired) electrons. The van der Waals surface area contributed by atoms with Gasteiger partial charge in [-0.3, -0.25) is 0 Å². The zero-order valence-electron chi connectivity index (χ0n) is 6.89. The summed E-state index contributed by atoms with van der Waals surface area (Å²) >= 11 is 0. The maximum absolute atomic E-state index is 8.72. The van der Waals surface area contributed by atoms with Crippen molar-refractivity contribution in [1.82, 2.24) is 0 Å². The first kappa shape index (κ1) is 14.7. The standard InChI is InChI=1S/C6H14O5.H3P/c7-1-5(9)3-11-4-6(10)2-8;/h5-10H,1-4H2;1H3. The van der Waals surface area contributed by atoms with E-state index in [-0.39, 0.29) is 36.3 Å². The van der Waals surface area contributed by atoms with Crippen LogP contribution in [0, 0.1) is 0 Å². The molecule has 0 aliphatic rings. The summed E-state index contributed by atoms with van der Waals surface area (Å²) in [5.74, 6) is 0. The highest BCUT2D eigenvalue weighted by Gasteiger charge is 2.04. The Morgan fingerprint density at radius 3 is 1.50 bits per heavy atom. The minimum absolute atomic E-state index is 0. The predicted molar refractivity (Wildman–Crippen MR) is 48.1 cm³/mol. The third-order valence-corrected chi connectivity index (χ3v) is 1.04. The quantitative estimate of drug-likeness (QED) is 0.364. The van der Waals surface area contributed by atoms with Crippen LogP contribution in [0.4, 0.5) is 0 Å². The van der Waals surface area contributed by atoms with Crippen molar-refractivity contribution in [2.24, 2.45) is 0 Å². The molecule has 0 spiro atoms. The van der Waals surface area contributed by atoms with E-state index in [0.29, 0.717) is 0 Å². The molecule has 0 aromatic carbocycles. The van der Waals surface area contributed by atoms with Crippen LogP contribution in [0.25, 0.3) is 0 Å². The Morgan fingerprint density at radius 1 is 0.917 bits per heavy atom. The van der Waals surface area contributed by atoms with Crippen LogP contribution < -0.4 is 0 Å². The Kier molecular flexibility index (Phi) is 11.4. The molecule has 0 heterocycles. The Morgan fingerprint density at radius 2 is 1.25 bits per heavy atom. The number of aliphatic hydroxyl groups is 4. The lowest BCUT2D eigenvalue weighted by atomic mass is 10.4. The summed E-state index contributed by atoms with van der Waals surface area (Å²) in [6, 6.07) is 0. The van der Waals surface area contributed by atoms with Crippen molar-refractivity contribution in [3.8, 4) is 0 Å². The lowest BCUT2D eigenvalue weighted by molar-refractivity contribution is -0.0364. The topological polar surface area (TPSA) is 90.2 Å². The smallest absolute Gasteiger partial charge is 0.100 e. The highest BCUT2D eigenvalue weighted by Crippen LogP contribution is 1.87. The van der Waals surface area contributed by atoms with Crippen molar-refractivity contribution < 1.29 is 25.2 Å². The molecule has 0 fully saturated rings. The number of hydrogen-bond donors (Lipinski definition) is 4. The van der Waals surface area contributed by atoms with E-state index in [1.165, 1.54) is 0 Å². The Bertz CT molecular complexity index is 82.0. The van der Waals surface area contributed by atoms with Gasteiger partial charge in [-0.25, -0.2) is 0 Å². The summed E-state index contributed by atoms with van der Waals surface area (Å²) in [4.78, 5) is 0. The third kappa shape index (κ3) is 8.33. The summed E-state index contributed by atoms with van der Waals surface area (Å²) < 4.78 is 4.72. The van der Waals surface area contributed by atoms with Crippen LogP contribution in [0.3, 0.4) is 0 Å². The monoisotopic (exact) mass is 200 g/mol. The number of rotatable bonds is 6. The first-order valence-corrected chi connectivity index (χ1v) is 3.36. The molecule has 0 bridgehead atoms. The highest BCUT2D eigenvalue weighted by atomic mass is 31.0. The molecule has 0 aromatic heterocycles. The Balaban J connectivity index is 0. The zero-order valence-corrected chi connectivity index (χ0v) is 8.30. The molecule has 6 heteroatoms. The van der Waals surface area contributed by atoms with Crippen LogP contribution in [0.2, 0.25) is 0 Å². The lowest BCUT2D eigenvalue weighted by Crippen LogP contribution is -2.25. The van der Waals surface area contributed by atoms with E-state index >= 15 is 0 Å². The van der Waals surface area contributed by atoms with Crippen LogP contribution in [-0.2, 0) is 4.74 Å². The maximum atomic E-state index is 8.72. The summed E-state index contributed by atoms with van der Waals surface area (Å²) in [6.07, 6.45) is -1.83. The fraction of sp³-hybridized carbons (Fsp3) is 1.00. The van der Waals surface area contributed by atoms with Crippen molar-refractivity contribution in [3.63, 3.8) is 0 Å². The van der Waals surface area contributed by atoms with Crippen LogP contribution in [-0.4, -0.2) is 59.1 Å². The van der Waals surface area contributed by atoms with Gasteiger partial charge in [-0.15, -0.1) is 0 Å². The Labute approximate surface area is 74.6 Å². The van der Waals surface area contributed by atoms with Crippen LogP contribution >= 0.6 is 9.90 Å². The van der Waals surface area contributed by atoms with Crippen LogP contribution in [0.5, 0.6) is 0 Å². The van der Waals surface area contributed by atoms with Crippen molar-refractivity contribution in [2.45, 2.75) is 12.2 Å². The molecule has 0 amide bonds. The van der Waals surface area contributed by atoms with Gasteiger partial charge in [0.1, 0.15) is 12.2 Å². The molecule has 76 valence electrons. The molecule has 0 aliphatic heterocycles. The molecular formula is C6H17O5P. The summed E-state index contributed by atoms with van der Waals surface area (Å²) in [7, 11) is 0. The molecule has 0 aliphatic carbocycles. The van der Waals surface area contributed by atoms with E-state index in [9.17, 15) is 0 Å². The van der Waals surface area contributed by atoms with Gasteiger partial charge in [0.25, 0.3) is 0 Å². The van der Waals surface area contributed by atoms with Crippen LogP contribution in [0.15, 0.2) is 0 Å². The van der Waals surface area contributed by atoms with Gasteiger partial charge in [0.15, 0.2) is 0 Å². The van der Waals surface area contributed by atoms with E-state index in [1.807, 2.05) is 0 Å². The molecule has 0 aromatic rings. The summed E-state index contributed by atoms with van der Waals surface area (Å²) in [6.45, 7) is -0.800. The van der Waals surface area contributed by atoms with Gasteiger partial charge in [-0.05, 0) is 0 Å². The molecule has 0 rings (SSSR count). The second-order valence-corrected chi connectivity index (χ2v) is 2.21. The molecule has 12 heavy (non-hydrogen) atoms. The number of aliphatic hydroxyl groups excluding tert-OH is 4. The third-order valence-electron chi connectivity index (χ3n) is 1.04. The van der Waals surface area contributed by atoms with Crippen molar-refractivity contribution in [2.75, 3.05) is 26.4 Å². The summed E-state index contributed by atoms with van der Waals surface area (Å²) in [5.41, 5.74) is 0. The minimum Gasteiger partial charge on any atom is -0.394 e. The minimum atomic E-state index is -0.916. The van der Waals surface area contributed by atoms with Crippen molar-refractivity contribution >= 4 is 9.90 Å². The van der Waals surface area contributed by atoms with Gasteiger partial charge in [-0.1, -0.05) is 0 Å². The van der Waals surface area contributed by atoms with Gasteiger partial charge in [0.2, 0.25) is 0 Å². The first-order valence-electron chi connectivity index (χ1n) is 3.36. The predicted octanol–water partition coefficient (Wildman–Crippen LogP) is -2.23. The molecular weight excluding hydrogens is 183 g/mol. The van der Waals surface area contributed by atoms with Gasteiger partial charge in [0.05, 0.1) is 26.4 Å². The van der Waals surface area contributed by atoms with Gasteiger partial charge in [0, 0.05) is 0 Å². The fourth-order valence-corrected chi connectivity index (χ4v) is 0.446. The highest BCUT2D eigenvalue weighted by molar-refractivity contribution is 6.92. The largest absolute Gasteiger partial charge is 0.394 e. The lowest BCUT2D eigenvalue weighted by Gasteiger charge is -2.10. The average Bonchev–Trinajstić information content (AvgIpc) is 2.04. The molecule has 4 N–H and O–H groups in total. The molecule has 0 saturated carbocycles. The molecule has 0 saturated heterocycles. The average molecular weight is 200 g/mol. The SMILES string of the molecule is OCC(O)COCC(O)CO.P. The second-order valence-electron chi connectivity index (χ2n) is 2.21. The Hall–Kier alpha value is 0.230. The fourth-order valence-electron chi connectivity index (χ4n) is 0.446. The van der Waals surface area contributed by atoms with E-state index < -0.39 is 12.2 Å². The van der Waals surface area contributed by atoms with Crippen molar-refractivity contribution in [3.05, 3.63) is 0 Å². The normalized spacial score (nSPS) is 15.0. The number of hydrogen-bond acceptors (Lipinski definition) is 5. The number of ether oxygens (including phenoxy) is 1. The van der Waals surface area contributed by atoms with Crippen LogP contribution in [0.1, 0.15) is 0 Å². The van der Waals surface area contributed by atoms with Gasteiger partial charge < -0.3 is 25.2 Å². The van der Waals surface area contributed by atoms with E-state index in [1.54, 1.807) is 0 Å². The van der Waals surface area contributed by atoms with E-state index in [4.69, 9.17) is 25.2 Å². The van der Waals surface area contributed by atoms with E-state index in [0.717, 1.165) is 0 Å². The molecule has 3 atom stereocenters. The summed E-state index contributed by atoms with van der Waals surface area (Å²) in [5, 5.41) is 34.1. The van der Waals surface area contributed by atoms with E-state index in [2.05, 4.69) is 0 Å². The molecule has 5 nitrogen and oxygen atoms in total. The second kappa shape index (κ2) is 9.32. The maximum Gasteiger partial charge on any atom is 0.100 e.